The second-order valence-corrected chi connectivity index (χ2v) is 5.17. The Balaban J connectivity index is 2.45. The number of benzene rings is 2. The lowest BCUT2D eigenvalue weighted by molar-refractivity contribution is 0.0696. The average molecular weight is 336 g/mol. The van der Waals surface area contributed by atoms with E-state index in [1.165, 1.54) is 12.1 Å². The highest BCUT2D eigenvalue weighted by atomic mass is 16.5. The van der Waals surface area contributed by atoms with Gasteiger partial charge < -0.3 is 9.84 Å². The molecule has 5 heteroatoms. The molecule has 2 rings (SSSR count). The van der Waals surface area contributed by atoms with Crippen LogP contribution in [0, 0.1) is 0 Å². The van der Waals surface area contributed by atoms with Crippen LogP contribution in [0.2, 0.25) is 0 Å². The molecule has 0 fully saturated rings. The summed E-state index contributed by atoms with van der Waals surface area (Å²) in [5, 5.41) is 15.5. The van der Waals surface area contributed by atoms with Crippen molar-refractivity contribution in [3.05, 3.63) is 90.5 Å². The Morgan fingerprint density at radius 3 is 2.32 bits per heavy atom. The van der Waals surface area contributed by atoms with E-state index in [9.17, 15) is 9.90 Å². The minimum absolute atomic E-state index is 0.156. The first-order valence-corrected chi connectivity index (χ1v) is 7.63. The lowest BCUT2D eigenvalue weighted by atomic mass is 10.0. The van der Waals surface area contributed by atoms with Gasteiger partial charge in [-0.1, -0.05) is 61.7 Å². The molecule has 0 bridgehead atoms. The van der Waals surface area contributed by atoms with Crippen LogP contribution in [0.4, 0.5) is 0 Å². The lowest BCUT2D eigenvalue weighted by Crippen LogP contribution is -2.21. The minimum atomic E-state index is -1.02. The Labute approximate surface area is 147 Å². The van der Waals surface area contributed by atoms with Gasteiger partial charge in [-0.2, -0.15) is 5.10 Å². The predicted octanol–water partition coefficient (Wildman–Crippen LogP) is 3.85. The van der Waals surface area contributed by atoms with E-state index in [4.69, 9.17) is 4.74 Å². The van der Waals surface area contributed by atoms with Gasteiger partial charge in [0.1, 0.15) is 6.73 Å². The van der Waals surface area contributed by atoms with Gasteiger partial charge in [0.25, 0.3) is 0 Å². The fourth-order valence-electron chi connectivity index (χ4n) is 2.30. The number of hydrogen-bond acceptors (Lipinski definition) is 4. The number of hydrazone groups is 1. The molecule has 1 N–H and O–H groups in total. The largest absolute Gasteiger partial charge is 0.478 e. The third-order valence-corrected chi connectivity index (χ3v) is 3.53. The van der Waals surface area contributed by atoms with Gasteiger partial charge in [-0.05, 0) is 17.7 Å². The summed E-state index contributed by atoms with van der Waals surface area (Å²) in [5.41, 5.74) is 2.58. The molecular formula is C20H20N2O3. The van der Waals surface area contributed by atoms with E-state index in [0.29, 0.717) is 17.0 Å². The van der Waals surface area contributed by atoms with Crippen molar-refractivity contribution in [2.24, 2.45) is 5.10 Å². The van der Waals surface area contributed by atoms with Crippen LogP contribution >= 0.6 is 0 Å². The van der Waals surface area contributed by atoms with E-state index in [2.05, 4.69) is 18.3 Å². The van der Waals surface area contributed by atoms with Crippen LogP contribution in [0.25, 0.3) is 5.70 Å². The second kappa shape index (κ2) is 8.61. The van der Waals surface area contributed by atoms with Gasteiger partial charge in [-0.15, -0.1) is 0 Å². The number of nitrogens with zero attached hydrogens (tertiary/aromatic N) is 2. The number of carboxylic acids is 1. The SMILES string of the molecule is C=C/C(=N\N(COC)C(=C)c1ccccc1)c1ccccc1C(=O)O. The maximum absolute atomic E-state index is 11.5. The molecule has 2 aromatic carbocycles. The molecule has 0 aliphatic carbocycles. The van der Waals surface area contributed by atoms with Gasteiger partial charge in [0.2, 0.25) is 0 Å². The van der Waals surface area contributed by atoms with Gasteiger partial charge in [-0.25, -0.2) is 9.80 Å². The molecule has 0 aromatic heterocycles. The summed E-state index contributed by atoms with van der Waals surface area (Å²) in [6.45, 7) is 8.00. The fraction of sp³-hybridized carbons (Fsp3) is 0.100. The van der Waals surface area contributed by atoms with Crippen molar-refractivity contribution in [3.8, 4) is 0 Å². The number of hydrogen-bond donors (Lipinski definition) is 1. The van der Waals surface area contributed by atoms with Crippen LogP contribution in [-0.2, 0) is 4.74 Å². The number of carbonyl (C=O) groups is 1. The minimum Gasteiger partial charge on any atom is -0.478 e. The van der Waals surface area contributed by atoms with E-state index in [1.807, 2.05) is 30.3 Å². The van der Waals surface area contributed by atoms with Crippen LogP contribution in [0.5, 0.6) is 0 Å². The zero-order chi connectivity index (χ0) is 18.2. The van der Waals surface area contributed by atoms with Gasteiger partial charge in [-0.3, -0.25) is 0 Å². The van der Waals surface area contributed by atoms with Crippen molar-refractivity contribution < 1.29 is 14.6 Å². The number of aromatic carboxylic acids is 1. The predicted molar refractivity (Wildman–Crippen MR) is 99.3 cm³/mol. The molecule has 0 unspecified atom stereocenters. The third-order valence-electron chi connectivity index (χ3n) is 3.53. The van der Waals surface area contributed by atoms with Crippen LogP contribution in [-0.4, -0.2) is 35.6 Å². The van der Waals surface area contributed by atoms with Crippen LogP contribution < -0.4 is 0 Å². The van der Waals surface area contributed by atoms with Gasteiger partial charge in [0, 0.05) is 12.7 Å². The van der Waals surface area contributed by atoms with Crippen molar-refractivity contribution in [1.29, 1.82) is 0 Å². The topological polar surface area (TPSA) is 62.1 Å². The highest BCUT2D eigenvalue weighted by Crippen LogP contribution is 2.19. The smallest absolute Gasteiger partial charge is 0.336 e. The number of allylic oxidation sites excluding steroid dienone is 1. The van der Waals surface area contributed by atoms with Gasteiger partial charge in [0.15, 0.2) is 0 Å². The van der Waals surface area contributed by atoms with Crippen LogP contribution in [0.15, 0.2) is 78.9 Å². The molecule has 0 atom stereocenters. The molecule has 0 aliphatic heterocycles. The number of carboxylic acid groups (broad SMARTS) is 1. The molecule has 5 nitrogen and oxygen atoms in total. The number of ether oxygens (including phenoxy) is 1. The first-order valence-electron chi connectivity index (χ1n) is 7.63. The van der Waals surface area contributed by atoms with E-state index < -0.39 is 5.97 Å². The van der Waals surface area contributed by atoms with Gasteiger partial charge in [0.05, 0.1) is 17.0 Å². The summed E-state index contributed by atoms with van der Waals surface area (Å²) in [6, 6.07) is 16.2. The zero-order valence-electron chi connectivity index (χ0n) is 14.1. The summed E-state index contributed by atoms with van der Waals surface area (Å²) in [4.78, 5) is 11.5. The normalized spacial score (nSPS) is 11.0. The average Bonchev–Trinajstić information content (AvgIpc) is 2.65. The Bertz CT molecular complexity index is 798. The van der Waals surface area contributed by atoms with E-state index in [-0.39, 0.29) is 12.3 Å². The second-order valence-electron chi connectivity index (χ2n) is 5.17. The molecular weight excluding hydrogens is 316 g/mol. The summed E-state index contributed by atoms with van der Waals surface area (Å²) in [7, 11) is 1.56. The van der Waals surface area contributed by atoms with E-state index >= 15 is 0 Å². The molecule has 0 saturated carbocycles. The van der Waals surface area contributed by atoms with E-state index in [0.717, 1.165) is 5.56 Å². The molecule has 2 aromatic rings. The molecule has 0 amide bonds. The zero-order valence-corrected chi connectivity index (χ0v) is 14.1. The molecule has 0 aliphatic rings. The summed E-state index contributed by atoms with van der Waals surface area (Å²) in [6.07, 6.45) is 1.52. The molecule has 25 heavy (non-hydrogen) atoms. The Morgan fingerprint density at radius 2 is 1.76 bits per heavy atom. The Morgan fingerprint density at radius 1 is 1.16 bits per heavy atom. The Kier molecular flexibility index (Phi) is 6.26. The maximum atomic E-state index is 11.5. The van der Waals surface area contributed by atoms with Crippen LogP contribution in [0.1, 0.15) is 21.5 Å². The standard InChI is InChI=1S/C20H20N2O3/c1-4-19(17-12-8-9-13-18(17)20(23)24)21-22(14-25-3)15(2)16-10-6-5-7-11-16/h4-13H,1-2,14H2,3H3,(H,23,24)/b21-19+. The van der Waals surface area contributed by atoms with Crippen molar-refractivity contribution in [2.45, 2.75) is 0 Å². The highest BCUT2D eigenvalue weighted by Gasteiger charge is 2.15. The van der Waals surface area contributed by atoms with Crippen molar-refractivity contribution in [1.82, 2.24) is 5.01 Å². The summed E-state index contributed by atoms with van der Waals surface area (Å²) >= 11 is 0. The number of methoxy groups -OCH3 is 1. The van der Waals surface area contributed by atoms with Crippen molar-refractivity contribution in [2.75, 3.05) is 13.8 Å². The first-order chi connectivity index (χ1) is 12.1. The monoisotopic (exact) mass is 336 g/mol. The quantitative estimate of drug-likeness (QED) is 0.452. The van der Waals surface area contributed by atoms with Crippen molar-refractivity contribution in [3.63, 3.8) is 0 Å². The lowest BCUT2D eigenvalue weighted by Gasteiger charge is -2.22. The highest BCUT2D eigenvalue weighted by molar-refractivity contribution is 6.13. The summed E-state index contributed by atoms with van der Waals surface area (Å²) < 4.78 is 5.21. The van der Waals surface area contributed by atoms with Crippen LogP contribution in [0.3, 0.4) is 0 Å². The van der Waals surface area contributed by atoms with E-state index in [1.54, 1.807) is 30.3 Å². The Hall–Kier alpha value is -3.18. The number of rotatable bonds is 8. The fourth-order valence-corrected chi connectivity index (χ4v) is 2.30. The summed E-state index contributed by atoms with van der Waals surface area (Å²) in [5.74, 6) is -1.02. The first kappa shape index (κ1) is 18.2. The maximum Gasteiger partial charge on any atom is 0.336 e. The molecule has 128 valence electrons. The molecule has 0 spiro atoms. The third kappa shape index (κ3) is 4.43. The van der Waals surface area contributed by atoms with Gasteiger partial charge >= 0.3 is 5.97 Å². The molecule has 0 saturated heterocycles. The molecule has 0 heterocycles. The van der Waals surface area contributed by atoms with Crippen molar-refractivity contribution >= 4 is 17.4 Å². The molecule has 0 radical (unpaired) electrons.